The molecule has 0 spiro atoms. The number of sulfone groups is 1. The second kappa shape index (κ2) is 8.97. The number of pyridine rings is 2. The molecule has 2 saturated carbocycles. The maximum atomic E-state index is 13.3. The van der Waals surface area contributed by atoms with E-state index in [0.717, 1.165) is 61.5 Å². The first-order valence-corrected chi connectivity index (χ1v) is 13.7. The Morgan fingerprint density at radius 2 is 1.97 bits per heavy atom. The molecule has 6 heteroatoms. The maximum absolute atomic E-state index is 13.3. The summed E-state index contributed by atoms with van der Waals surface area (Å²) in [5.74, 6) is 0.950. The van der Waals surface area contributed by atoms with Crippen molar-refractivity contribution in [3.05, 3.63) is 55.4 Å². The fourth-order valence-electron chi connectivity index (χ4n) is 6.24. The fraction of sp³-hybridized carbons (Fsp3) is 0.500. The van der Waals surface area contributed by atoms with Gasteiger partial charge in [-0.05, 0) is 80.4 Å². The molecule has 2 unspecified atom stereocenters. The van der Waals surface area contributed by atoms with E-state index in [9.17, 15) is 8.42 Å². The van der Waals surface area contributed by atoms with Crippen LogP contribution in [0.15, 0.2) is 43.4 Å². The van der Waals surface area contributed by atoms with Crippen LogP contribution in [0.1, 0.15) is 62.8 Å². The van der Waals surface area contributed by atoms with E-state index in [1.165, 1.54) is 17.4 Å². The Morgan fingerprint density at radius 3 is 2.72 bits per heavy atom. The second-order valence-corrected chi connectivity index (χ2v) is 11.7. The molecule has 2 atom stereocenters. The summed E-state index contributed by atoms with van der Waals surface area (Å²) >= 11 is 0. The molecule has 3 aromatic heterocycles. The highest BCUT2D eigenvalue weighted by Gasteiger charge is 2.41. The van der Waals surface area contributed by atoms with Gasteiger partial charge in [-0.1, -0.05) is 18.9 Å². The first kappa shape index (κ1) is 21.6. The van der Waals surface area contributed by atoms with Crippen molar-refractivity contribution >= 4 is 31.8 Å². The summed E-state index contributed by atoms with van der Waals surface area (Å²) in [6.45, 7) is 3.72. The molecular formula is C26H32N3O2S. The summed E-state index contributed by atoms with van der Waals surface area (Å²) in [4.78, 5) is 12.3. The third-order valence-electron chi connectivity index (χ3n) is 7.65. The van der Waals surface area contributed by atoms with Crippen LogP contribution in [-0.4, -0.2) is 34.4 Å². The van der Waals surface area contributed by atoms with E-state index in [4.69, 9.17) is 0 Å². The first-order valence-electron chi connectivity index (χ1n) is 11.9. The SMILES string of the molecule is C=CCS(=O)(=O)C(C1[CH]CCCC1)C1CCC(c2ccnc3cnc4[nH]ccc4c23)CC1. The van der Waals surface area contributed by atoms with E-state index in [0.29, 0.717) is 5.92 Å². The van der Waals surface area contributed by atoms with Crippen LogP contribution in [0.3, 0.4) is 0 Å². The van der Waals surface area contributed by atoms with Crippen LogP contribution >= 0.6 is 0 Å². The first-order chi connectivity index (χ1) is 15.6. The van der Waals surface area contributed by atoms with Gasteiger partial charge in [0, 0.05) is 23.2 Å². The van der Waals surface area contributed by atoms with Crippen molar-refractivity contribution in [3.63, 3.8) is 0 Å². The number of hydrogen-bond acceptors (Lipinski definition) is 4. The summed E-state index contributed by atoms with van der Waals surface area (Å²) in [5.41, 5.74) is 3.15. The van der Waals surface area contributed by atoms with Crippen LogP contribution in [0, 0.1) is 18.3 Å². The van der Waals surface area contributed by atoms with Crippen molar-refractivity contribution in [2.75, 3.05) is 5.75 Å². The molecule has 5 nitrogen and oxygen atoms in total. The predicted molar refractivity (Wildman–Crippen MR) is 130 cm³/mol. The molecule has 0 aromatic carbocycles. The molecule has 1 N–H and O–H groups in total. The van der Waals surface area contributed by atoms with Gasteiger partial charge in [-0.3, -0.25) is 4.98 Å². The average molecular weight is 451 g/mol. The molecule has 0 aliphatic heterocycles. The Balaban J connectivity index is 1.41. The van der Waals surface area contributed by atoms with Crippen LogP contribution in [0.4, 0.5) is 0 Å². The van der Waals surface area contributed by atoms with Crippen molar-refractivity contribution in [3.8, 4) is 0 Å². The van der Waals surface area contributed by atoms with Crippen molar-refractivity contribution in [1.29, 1.82) is 0 Å². The normalized spacial score (nSPS) is 24.0. The zero-order chi connectivity index (χ0) is 22.1. The van der Waals surface area contributed by atoms with Gasteiger partial charge in [-0.25, -0.2) is 13.4 Å². The maximum Gasteiger partial charge on any atom is 0.157 e. The number of aromatic nitrogens is 3. The van der Waals surface area contributed by atoms with Crippen LogP contribution in [0.2, 0.25) is 0 Å². The summed E-state index contributed by atoms with van der Waals surface area (Å²) in [6, 6.07) is 4.24. The third kappa shape index (κ3) is 3.98. The van der Waals surface area contributed by atoms with E-state index in [1.807, 2.05) is 18.6 Å². The Morgan fingerprint density at radius 1 is 1.12 bits per heavy atom. The van der Waals surface area contributed by atoms with Crippen LogP contribution in [0.5, 0.6) is 0 Å². The predicted octanol–water partition coefficient (Wildman–Crippen LogP) is 5.75. The molecule has 1 radical (unpaired) electrons. The van der Waals surface area contributed by atoms with Crippen LogP contribution in [-0.2, 0) is 9.84 Å². The highest BCUT2D eigenvalue weighted by Crippen LogP contribution is 2.44. The lowest BCUT2D eigenvalue weighted by molar-refractivity contribution is 0.265. The highest BCUT2D eigenvalue weighted by atomic mass is 32.2. The zero-order valence-electron chi connectivity index (χ0n) is 18.5. The number of nitrogens with zero attached hydrogens (tertiary/aromatic N) is 2. The minimum Gasteiger partial charge on any atom is -0.346 e. The summed E-state index contributed by atoms with van der Waals surface area (Å²) < 4.78 is 26.5. The minimum atomic E-state index is -3.18. The van der Waals surface area contributed by atoms with E-state index >= 15 is 0 Å². The number of H-pyrrole nitrogens is 1. The molecule has 32 heavy (non-hydrogen) atoms. The molecule has 0 bridgehead atoms. The van der Waals surface area contributed by atoms with E-state index in [-0.39, 0.29) is 22.8 Å². The summed E-state index contributed by atoms with van der Waals surface area (Å²) in [6.07, 6.45) is 17.9. The molecule has 2 aliphatic rings. The van der Waals surface area contributed by atoms with Gasteiger partial charge in [0.25, 0.3) is 0 Å². The topological polar surface area (TPSA) is 75.7 Å². The lowest BCUT2D eigenvalue weighted by Crippen LogP contribution is -2.40. The van der Waals surface area contributed by atoms with Gasteiger partial charge in [-0.2, -0.15) is 0 Å². The van der Waals surface area contributed by atoms with Gasteiger partial charge < -0.3 is 4.98 Å². The molecule has 5 rings (SSSR count). The fourth-order valence-corrected chi connectivity index (χ4v) is 8.43. The van der Waals surface area contributed by atoms with Crippen LogP contribution < -0.4 is 0 Å². The van der Waals surface area contributed by atoms with E-state index in [1.54, 1.807) is 6.08 Å². The molecule has 169 valence electrons. The zero-order valence-corrected chi connectivity index (χ0v) is 19.4. The number of rotatable bonds is 6. The lowest BCUT2D eigenvalue weighted by Gasteiger charge is -2.39. The van der Waals surface area contributed by atoms with Gasteiger partial charge >= 0.3 is 0 Å². The standard InChI is InChI=1S/C26H32N3O2S/c1-2-16-32(30,31)25(19-6-4-3-5-7-19)20-10-8-18(9-11-20)21-12-14-27-23-17-29-26-22(24(21)23)13-15-28-26/h2,6,12-15,17-20,25H,1,3-5,7-11,16H2,(H,28,29). The van der Waals surface area contributed by atoms with Gasteiger partial charge in [0.2, 0.25) is 0 Å². The van der Waals surface area contributed by atoms with Crippen molar-refractivity contribution in [2.24, 2.45) is 11.8 Å². The molecule has 3 heterocycles. The molecule has 0 saturated heterocycles. The van der Waals surface area contributed by atoms with Gasteiger partial charge in [0.05, 0.1) is 22.7 Å². The quantitative estimate of drug-likeness (QED) is 0.485. The lowest BCUT2D eigenvalue weighted by atomic mass is 9.72. The Labute approximate surface area is 190 Å². The minimum absolute atomic E-state index is 0.0927. The number of fused-ring (bicyclic) bond motifs is 3. The largest absolute Gasteiger partial charge is 0.346 e. The van der Waals surface area contributed by atoms with Gasteiger partial charge in [0.1, 0.15) is 5.65 Å². The monoisotopic (exact) mass is 450 g/mol. The second-order valence-electron chi connectivity index (χ2n) is 9.54. The van der Waals surface area contributed by atoms with Gasteiger partial charge in [0.15, 0.2) is 9.84 Å². The number of aromatic amines is 1. The average Bonchev–Trinajstić information content (AvgIpc) is 3.29. The molecule has 0 amide bonds. The van der Waals surface area contributed by atoms with Crippen LogP contribution in [0.25, 0.3) is 21.9 Å². The molecular weight excluding hydrogens is 418 g/mol. The molecule has 2 aliphatic carbocycles. The van der Waals surface area contributed by atoms with Crippen molar-refractivity contribution in [2.45, 2.75) is 62.5 Å². The Hall–Kier alpha value is -2.21. The highest BCUT2D eigenvalue weighted by molar-refractivity contribution is 7.92. The van der Waals surface area contributed by atoms with E-state index < -0.39 is 9.84 Å². The van der Waals surface area contributed by atoms with E-state index in [2.05, 4.69) is 40.1 Å². The molecule has 2 fully saturated rings. The van der Waals surface area contributed by atoms with Gasteiger partial charge in [-0.15, -0.1) is 6.58 Å². The summed E-state index contributed by atoms with van der Waals surface area (Å²) in [5, 5.41) is 2.06. The Bertz CT molecular complexity index is 1200. The third-order valence-corrected chi connectivity index (χ3v) is 9.91. The molecule has 3 aromatic rings. The van der Waals surface area contributed by atoms with Crippen molar-refractivity contribution < 1.29 is 8.42 Å². The summed E-state index contributed by atoms with van der Waals surface area (Å²) in [7, 11) is -3.18. The number of nitrogens with one attached hydrogen (secondary N) is 1. The Kier molecular flexibility index (Phi) is 6.06. The van der Waals surface area contributed by atoms with Crippen molar-refractivity contribution in [1.82, 2.24) is 15.0 Å². The smallest absolute Gasteiger partial charge is 0.157 e. The number of hydrogen-bond donors (Lipinski definition) is 1.